The van der Waals surface area contributed by atoms with Crippen LogP contribution in [0.2, 0.25) is 0 Å². The van der Waals surface area contributed by atoms with Crippen molar-refractivity contribution < 1.29 is 14.3 Å². The van der Waals surface area contributed by atoms with Gasteiger partial charge in [0.2, 0.25) is 0 Å². The number of amides is 1. The minimum atomic E-state index is -0.537. The van der Waals surface area contributed by atoms with Crippen molar-refractivity contribution in [1.82, 2.24) is 4.98 Å². The SMILES string of the molecule is Cc1cccc(NC(=O)COC(=O)c2cc3ccccc3nc2N2CCCC2)c1. The van der Waals surface area contributed by atoms with Crippen molar-refractivity contribution in [3.63, 3.8) is 0 Å². The van der Waals surface area contributed by atoms with Crippen LogP contribution in [-0.4, -0.2) is 36.6 Å². The maximum Gasteiger partial charge on any atom is 0.342 e. The van der Waals surface area contributed by atoms with Crippen LogP contribution in [0.15, 0.2) is 54.6 Å². The fourth-order valence-electron chi connectivity index (χ4n) is 3.55. The maximum absolute atomic E-state index is 12.8. The summed E-state index contributed by atoms with van der Waals surface area (Å²) < 4.78 is 5.32. The van der Waals surface area contributed by atoms with E-state index in [4.69, 9.17) is 9.72 Å². The van der Waals surface area contributed by atoms with Crippen LogP contribution in [0.1, 0.15) is 28.8 Å². The second kappa shape index (κ2) is 8.31. The molecule has 29 heavy (non-hydrogen) atoms. The lowest BCUT2D eigenvalue weighted by Crippen LogP contribution is -2.25. The summed E-state index contributed by atoms with van der Waals surface area (Å²) in [5.74, 6) is -0.282. The molecule has 0 atom stereocenters. The summed E-state index contributed by atoms with van der Waals surface area (Å²) >= 11 is 0. The van der Waals surface area contributed by atoms with Gasteiger partial charge in [-0.3, -0.25) is 4.79 Å². The highest BCUT2D eigenvalue weighted by atomic mass is 16.5. The first-order valence-corrected chi connectivity index (χ1v) is 9.78. The van der Waals surface area contributed by atoms with Crippen LogP contribution in [-0.2, 0) is 9.53 Å². The molecule has 6 heteroatoms. The van der Waals surface area contributed by atoms with Gasteiger partial charge in [0.1, 0.15) is 11.4 Å². The minimum Gasteiger partial charge on any atom is -0.452 e. The fraction of sp³-hybridized carbons (Fsp3) is 0.261. The molecule has 0 aliphatic carbocycles. The summed E-state index contributed by atoms with van der Waals surface area (Å²) in [6.45, 7) is 3.32. The van der Waals surface area contributed by atoms with E-state index in [9.17, 15) is 9.59 Å². The number of carbonyl (C=O) groups is 2. The van der Waals surface area contributed by atoms with Crippen LogP contribution < -0.4 is 10.2 Å². The molecular weight excluding hydrogens is 366 g/mol. The van der Waals surface area contributed by atoms with Gasteiger partial charge >= 0.3 is 5.97 Å². The van der Waals surface area contributed by atoms with Crippen molar-refractivity contribution in [3.8, 4) is 0 Å². The van der Waals surface area contributed by atoms with E-state index in [-0.39, 0.29) is 12.5 Å². The Kier molecular flexibility index (Phi) is 5.42. The van der Waals surface area contributed by atoms with E-state index in [0.717, 1.165) is 42.4 Å². The molecule has 1 aliphatic heterocycles. The van der Waals surface area contributed by atoms with Gasteiger partial charge in [0.25, 0.3) is 5.91 Å². The predicted molar refractivity (Wildman–Crippen MR) is 113 cm³/mol. The van der Waals surface area contributed by atoms with Gasteiger partial charge in [0.15, 0.2) is 6.61 Å². The molecule has 1 fully saturated rings. The first kappa shape index (κ1) is 18.9. The fourth-order valence-corrected chi connectivity index (χ4v) is 3.55. The quantitative estimate of drug-likeness (QED) is 0.669. The molecule has 0 unspecified atom stereocenters. The molecule has 0 bridgehead atoms. The standard InChI is InChI=1S/C23H23N3O3/c1-16-7-6-9-18(13-16)24-21(27)15-29-23(28)19-14-17-8-2-3-10-20(17)25-22(19)26-11-4-5-12-26/h2-3,6-10,13-14H,4-5,11-12,15H2,1H3,(H,24,27). The Labute approximate surface area is 169 Å². The molecule has 3 aromatic rings. The Balaban J connectivity index is 1.51. The minimum absolute atomic E-state index is 0.348. The van der Waals surface area contributed by atoms with Crippen LogP contribution in [0, 0.1) is 6.92 Å². The molecule has 2 heterocycles. The van der Waals surface area contributed by atoms with Crippen molar-refractivity contribution in [2.45, 2.75) is 19.8 Å². The summed E-state index contributed by atoms with van der Waals surface area (Å²) in [5, 5.41) is 3.61. The third-order valence-electron chi connectivity index (χ3n) is 4.97. The highest BCUT2D eigenvalue weighted by molar-refractivity contribution is 6.01. The normalized spacial score (nSPS) is 13.5. The number of para-hydroxylation sites is 1. The Morgan fingerprint density at radius 1 is 1.07 bits per heavy atom. The van der Waals surface area contributed by atoms with Crippen LogP contribution in [0.5, 0.6) is 0 Å². The summed E-state index contributed by atoms with van der Waals surface area (Å²) in [7, 11) is 0. The second-order valence-corrected chi connectivity index (χ2v) is 7.24. The molecule has 4 rings (SSSR count). The predicted octanol–water partition coefficient (Wildman–Crippen LogP) is 3.94. The van der Waals surface area contributed by atoms with E-state index in [0.29, 0.717) is 17.1 Å². The Bertz CT molecular complexity index is 1060. The molecule has 1 saturated heterocycles. The molecule has 1 N–H and O–H groups in total. The lowest BCUT2D eigenvalue weighted by atomic mass is 10.1. The molecule has 1 aliphatic rings. The van der Waals surface area contributed by atoms with Crippen molar-refractivity contribution in [3.05, 3.63) is 65.7 Å². The first-order chi connectivity index (χ1) is 14.1. The van der Waals surface area contributed by atoms with Crippen molar-refractivity contribution in [1.29, 1.82) is 0 Å². The number of aryl methyl sites for hydroxylation is 1. The number of ether oxygens (including phenoxy) is 1. The van der Waals surface area contributed by atoms with Gasteiger partial charge in [-0.15, -0.1) is 0 Å². The number of fused-ring (bicyclic) bond motifs is 1. The number of esters is 1. The first-order valence-electron chi connectivity index (χ1n) is 9.78. The van der Waals surface area contributed by atoms with Gasteiger partial charge in [-0.1, -0.05) is 30.3 Å². The van der Waals surface area contributed by atoms with E-state index in [1.165, 1.54) is 0 Å². The average molecular weight is 389 g/mol. The maximum atomic E-state index is 12.8. The van der Waals surface area contributed by atoms with Gasteiger partial charge in [-0.2, -0.15) is 0 Å². The largest absolute Gasteiger partial charge is 0.452 e. The number of nitrogens with one attached hydrogen (secondary N) is 1. The average Bonchev–Trinajstić information content (AvgIpc) is 3.26. The Hall–Kier alpha value is -3.41. The number of nitrogens with zero attached hydrogens (tertiary/aromatic N) is 2. The van der Waals surface area contributed by atoms with Gasteiger partial charge in [-0.05, 0) is 49.6 Å². The van der Waals surface area contributed by atoms with Crippen LogP contribution in [0.25, 0.3) is 10.9 Å². The number of hydrogen-bond donors (Lipinski definition) is 1. The molecule has 2 aromatic carbocycles. The number of pyridine rings is 1. The van der Waals surface area contributed by atoms with E-state index in [2.05, 4.69) is 10.2 Å². The lowest BCUT2D eigenvalue weighted by Gasteiger charge is -2.20. The van der Waals surface area contributed by atoms with Gasteiger partial charge in [0, 0.05) is 24.2 Å². The van der Waals surface area contributed by atoms with Crippen molar-refractivity contribution >= 4 is 34.3 Å². The molecule has 6 nitrogen and oxygen atoms in total. The lowest BCUT2D eigenvalue weighted by molar-refractivity contribution is -0.119. The van der Waals surface area contributed by atoms with Crippen molar-refractivity contribution in [2.24, 2.45) is 0 Å². The van der Waals surface area contributed by atoms with Gasteiger partial charge < -0.3 is 15.0 Å². The third kappa shape index (κ3) is 4.37. The molecule has 0 radical (unpaired) electrons. The molecular formula is C23H23N3O3. The molecule has 0 saturated carbocycles. The van der Waals surface area contributed by atoms with E-state index >= 15 is 0 Å². The van der Waals surface area contributed by atoms with E-state index in [1.54, 1.807) is 12.1 Å². The summed E-state index contributed by atoms with van der Waals surface area (Å²) in [6, 6.07) is 16.9. The second-order valence-electron chi connectivity index (χ2n) is 7.24. The monoisotopic (exact) mass is 389 g/mol. The highest BCUT2D eigenvalue weighted by Gasteiger charge is 2.23. The summed E-state index contributed by atoms with van der Waals surface area (Å²) in [5.41, 5.74) is 2.95. The number of hydrogen-bond acceptors (Lipinski definition) is 5. The molecule has 1 aromatic heterocycles. The van der Waals surface area contributed by atoms with Crippen LogP contribution in [0.4, 0.5) is 11.5 Å². The summed E-state index contributed by atoms with van der Waals surface area (Å²) in [4.78, 5) is 31.8. The van der Waals surface area contributed by atoms with Gasteiger partial charge in [0.05, 0.1) is 5.52 Å². The number of aromatic nitrogens is 1. The summed E-state index contributed by atoms with van der Waals surface area (Å²) in [6.07, 6.45) is 2.14. The number of carbonyl (C=O) groups excluding carboxylic acids is 2. The smallest absolute Gasteiger partial charge is 0.342 e. The highest BCUT2D eigenvalue weighted by Crippen LogP contribution is 2.27. The zero-order valence-electron chi connectivity index (χ0n) is 16.4. The van der Waals surface area contributed by atoms with Gasteiger partial charge in [-0.25, -0.2) is 9.78 Å². The Morgan fingerprint density at radius 2 is 1.86 bits per heavy atom. The van der Waals surface area contributed by atoms with Crippen molar-refractivity contribution in [2.75, 3.05) is 29.9 Å². The number of rotatable bonds is 5. The molecule has 0 spiro atoms. The zero-order chi connectivity index (χ0) is 20.2. The topological polar surface area (TPSA) is 71.5 Å². The molecule has 148 valence electrons. The number of anilines is 2. The number of benzene rings is 2. The van der Waals surface area contributed by atoms with Crippen LogP contribution in [0.3, 0.4) is 0 Å². The molecule has 1 amide bonds. The van der Waals surface area contributed by atoms with E-state index < -0.39 is 5.97 Å². The third-order valence-corrected chi connectivity index (χ3v) is 4.97. The van der Waals surface area contributed by atoms with E-state index in [1.807, 2.05) is 49.4 Å². The Morgan fingerprint density at radius 3 is 2.66 bits per heavy atom. The van der Waals surface area contributed by atoms with Crippen LogP contribution >= 0.6 is 0 Å². The zero-order valence-corrected chi connectivity index (χ0v) is 16.4.